The lowest BCUT2D eigenvalue weighted by atomic mass is 10.3. The molecule has 0 aliphatic rings. The molecule has 1 aromatic carbocycles. The third kappa shape index (κ3) is 3.74. The molecule has 0 aromatic heterocycles. The molecule has 6 nitrogen and oxygen atoms in total. The van der Waals surface area contributed by atoms with Gasteiger partial charge < -0.3 is 15.2 Å². The zero-order chi connectivity index (χ0) is 14.5. The summed E-state index contributed by atoms with van der Waals surface area (Å²) in [6, 6.07) is 4.82. The molecule has 1 unspecified atom stereocenters. The van der Waals surface area contributed by atoms with Gasteiger partial charge in [-0.2, -0.15) is 0 Å². The minimum Gasteiger partial charge on any atom is -0.493 e. The predicted molar refractivity (Wildman–Crippen MR) is 75.2 cm³/mol. The number of methoxy groups -OCH3 is 2. The molecule has 108 valence electrons. The molecular formula is C12H20N2O4S. The maximum absolute atomic E-state index is 12.1. The van der Waals surface area contributed by atoms with Crippen LogP contribution in [0.5, 0.6) is 11.5 Å². The van der Waals surface area contributed by atoms with Crippen molar-refractivity contribution >= 4 is 15.7 Å². The highest BCUT2D eigenvalue weighted by Crippen LogP contribution is 2.30. The summed E-state index contributed by atoms with van der Waals surface area (Å²) in [6.07, 6.45) is 0.457. The Hall–Kier alpha value is -1.47. The monoisotopic (exact) mass is 288 g/mol. The smallest absolute Gasteiger partial charge is 0.236 e. The molecule has 7 heteroatoms. The zero-order valence-electron chi connectivity index (χ0n) is 11.3. The van der Waals surface area contributed by atoms with E-state index in [9.17, 15) is 8.42 Å². The summed E-state index contributed by atoms with van der Waals surface area (Å²) in [5, 5.41) is -0.611. The Kier molecular flexibility index (Phi) is 5.44. The van der Waals surface area contributed by atoms with Gasteiger partial charge in [0.15, 0.2) is 11.5 Å². The predicted octanol–water partition coefficient (Wildman–Crippen LogP) is 1.18. The van der Waals surface area contributed by atoms with Gasteiger partial charge in [-0.25, -0.2) is 8.42 Å². The van der Waals surface area contributed by atoms with Crippen molar-refractivity contribution in [2.75, 3.05) is 25.5 Å². The summed E-state index contributed by atoms with van der Waals surface area (Å²) < 4.78 is 36.8. The summed E-state index contributed by atoms with van der Waals surface area (Å²) in [6.45, 7) is 1.87. The first-order valence-corrected chi connectivity index (χ1v) is 7.46. The van der Waals surface area contributed by atoms with E-state index in [0.717, 1.165) is 0 Å². The Morgan fingerprint density at radius 2 is 1.89 bits per heavy atom. The van der Waals surface area contributed by atoms with Crippen molar-refractivity contribution in [3.05, 3.63) is 18.2 Å². The van der Waals surface area contributed by atoms with Crippen LogP contribution in [-0.4, -0.2) is 34.4 Å². The molecule has 0 bridgehead atoms. The first-order valence-electron chi connectivity index (χ1n) is 5.92. The van der Waals surface area contributed by atoms with Crippen molar-refractivity contribution in [1.82, 2.24) is 0 Å². The topological polar surface area (TPSA) is 90.7 Å². The Labute approximate surface area is 113 Å². The van der Waals surface area contributed by atoms with Crippen LogP contribution in [0.25, 0.3) is 0 Å². The highest BCUT2D eigenvalue weighted by Gasteiger charge is 2.22. The van der Waals surface area contributed by atoms with Crippen LogP contribution in [0.3, 0.4) is 0 Å². The van der Waals surface area contributed by atoms with Crippen LogP contribution in [-0.2, 0) is 10.0 Å². The molecule has 3 N–H and O–H groups in total. The van der Waals surface area contributed by atoms with E-state index in [0.29, 0.717) is 23.6 Å². The second kappa shape index (κ2) is 6.63. The lowest BCUT2D eigenvalue weighted by Crippen LogP contribution is -2.33. The fourth-order valence-electron chi connectivity index (χ4n) is 1.66. The van der Waals surface area contributed by atoms with Crippen molar-refractivity contribution in [1.29, 1.82) is 0 Å². The number of sulfonamides is 1. The van der Waals surface area contributed by atoms with Gasteiger partial charge in [-0.15, -0.1) is 0 Å². The van der Waals surface area contributed by atoms with Crippen molar-refractivity contribution in [2.24, 2.45) is 5.73 Å². The molecule has 0 fully saturated rings. The summed E-state index contributed by atoms with van der Waals surface area (Å²) in [5.41, 5.74) is 5.88. The Bertz CT molecular complexity index is 512. The quantitative estimate of drug-likeness (QED) is 0.786. The van der Waals surface area contributed by atoms with Crippen LogP contribution >= 0.6 is 0 Å². The SMILES string of the molecule is CCC(CN)S(=O)(=O)Nc1ccc(OC)c(OC)c1. The molecule has 0 saturated carbocycles. The van der Waals surface area contributed by atoms with Crippen LogP contribution in [0.2, 0.25) is 0 Å². The number of nitrogens with one attached hydrogen (secondary N) is 1. The van der Waals surface area contributed by atoms with E-state index in [4.69, 9.17) is 15.2 Å². The minimum atomic E-state index is -3.49. The second-order valence-corrected chi connectivity index (χ2v) is 5.94. The summed E-state index contributed by atoms with van der Waals surface area (Å²) >= 11 is 0. The highest BCUT2D eigenvalue weighted by molar-refractivity contribution is 7.93. The third-order valence-electron chi connectivity index (χ3n) is 2.80. The van der Waals surface area contributed by atoms with Gasteiger partial charge in [-0.05, 0) is 18.6 Å². The molecule has 19 heavy (non-hydrogen) atoms. The normalized spacial score (nSPS) is 12.8. The van der Waals surface area contributed by atoms with Gasteiger partial charge in [0.2, 0.25) is 10.0 Å². The molecular weight excluding hydrogens is 268 g/mol. The first kappa shape index (κ1) is 15.6. The molecule has 1 rings (SSSR count). The number of hydrogen-bond donors (Lipinski definition) is 2. The Morgan fingerprint density at radius 3 is 2.37 bits per heavy atom. The number of nitrogens with two attached hydrogens (primary N) is 1. The van der Waals surface area contributed by atoms with E-state index in [1.807, 2.05) is 0 Å². The van der Waals surface area contributed by atoms with Gasteiger partial charge in [0.25, 0.3) is 0 Å². The van der Waals surface area contributed by atoms with Gasteiger partial charge in [0.1, 0.15) is 0 Å². The van der Waals surface area contributed by atoms with Crippen LogP contribution in [0.15, 0.2) is 18.2 Å². The average Bonchev–Trinajstić information content (AvgIpc) is 2.39. The van der Waals surface area contributed by atoms with E-state index in [2.05, 4.69) is 4.72 Å². The molecule has 0 saturated heterocycles. The van der Waals surface area contributed by atoms with Crippen molar-refractivity contribution in [2.45, 2.75) is 18.6 Å². The standard InChI is InChI=1S/C12H20N2O4S/c1-4-10(8-13)19(15,16)14-9-5-6-11(17-2)12(7-9)18-3/h5-7,10,14H,4,8,13H2,1-3H3. The molecule has 0 amide bonds. The molecule has 0 spiro atoms. The van der Waals surface area contributed by atoms with Gasteiger partial charge in [-0.1, -0.05) is 6.92 Å². The van der Waals surface area contributed by atoms with Gasteiger partial charge in [0.05, 0.1) is 25.2 Å². The van der Waals surface area contributed by atoms with Crippen molar-refractivity contribution in [3.8, 4) is 11.5 Å². The Balaban J connectivity index is 3.00. The summed E-state index contributed by atoms with van der Waals surface area (Å²) in [4.78, 5) is 0. The largest absolute Gasteiger partial charge is 0.493 e. The Morgan fingerprint density at radius 1 is 1.26 bits per heavy atom. The minimum absolute atomic E-state index is 0.0825. The molecule has 0 radical (unpaired) electrons. The van der Waals surface area contributed by atoms with Crippen LogP contribution in [0.1, 0.15) is 13.3 Å². The first-order chi connectivity index (χ1) is 8.98. The average molecular weight is 288 g/mol. The fraction of sp³-hybridized carbons (Fsp3) is 0.500. The summed E-state index contributed by atoms with van der Waals surface area (Å²) in [5.74, 6) is 1.000. The molecule has 0 aliphatic carbocycles. The van der Waals surface area contributed by atoms with Crippen molar-refractivity contribution in [3.63, 3.8) is 0 Å². The van der Waals surface area contributed by atoms with E-state index in [1.165, 1.54) is 14.2 Å². The van der Waals surface area contributed by atoms with Gasteiger partial charge in [-0.3, -0.25) is 4.72 Å². The molecule has 1 aromatic rings. The molecule has 0 heterocycles. The summed E-state index contributed by atoms with van der Waals surface area (Å²) in [7, 11) is -0.483. The highest BCUT2D eigenvalue weighted by atomic mass is 32.2. The van der Waals surface area contributed by atoms with E-state index in [-0.39, 0.29) is 6.54 Å². The van der Waals surface area contributed by atoms with Crippen LogP contribution in [0, 0.1) is 0 Å². The lowest BCUT2D eigenvalue weighted by molar-refractivity contribution is 0.355. The number of ether oxygens (including phenoxy) is 2. The van der Waals surface area contributed by atoms with Gasteiger partial charge >= 0.3 is 0 Å². The number of hydrogen-bond acceptors (Lipinski definition) is 5. The van der Waals surface area contributed by atoms with Gasteiger partial charge in [0, 0.05) is 12.6 Å². The number of anilines is 1. The van der Waals surface area contributed by atoms with Crippen LogP contribution < -0.4 is 19.9 Å². The maximum Gasteiger partial charge on any atom is 0.236 e. The molecule has 0 aliphatic heterocycles. The second-order valence-electron chi connectivity index (χ2n) is 3.98. The van der Waals surface area contributed by atoms with E-state index >= 15 is 0 Å². The van der Waals surface area contributed by atoms with Crippen molar-refractivity contribution < 1.29 is 17.9 Å². The lowest BCUT2D eigenvalue weighted by Gasteiger charge is -2.16. The fourth-order valence-corrected chi connectivity index (χ4v) is 2.97. The van der Waals surface area contributed by atoms with E-state index < -0.39 is 15.3 Å². The maximum atomic E-state index is 12.1. The van der Waals surface area contributed by atoms with E-state index in [1.54, 1.807) is 25.1 Å². The number of benzene rings is 1. The number of rotatable bonds is 7. The molecule has 1 atom stereocenters. The third-order valence-corrected chi connectivity index (χ3v) is 4.72. The zero-order valence-corrected chi connectivity index (χ0v) is 12.2. The van der Waals surface area contributed by atoms with Crippen LogP contribution in [0.4, 0.5) is 5.69 Å².